The molecule has 2 rings (SSSR count). The average Bonchev–Trinajstić information content (AvgIpc) is 2.75. The lowest BCUT2D eigenvalue weighted by Crippen LogP contribution is -2.41. The van der Waals surface area contributed by atoms with Crippen molar-refractivity contribution in [2.45, 2.75) is 11.3 Å². The molecule has 30 heavy (non-hydrogen) atoms. The first-order valence-corrected chi connectivity index (χ1v) is 10.5. The van der Waals surface area contributed by atoms with Gasteiger partial charge in [-0.3, -0.25) is 9.10 Å². The van der Waals surface area contributed by atoms with Crippen molar-refractivity contribution >= 4 is 21.6 Å². The van der Waals surface area contributed by atoms with Crippen molar-refractivity contribution in [3.63, 3.8) is 0 Å². The number of rotatable bonds is 11. The Morgan fingerprint density at radius 1 is 1.07 bits per heavy atom. The molecule has 0 spiro atoms. The van der Waals surface area contributed by atoms with Gasteiger partial charge in [0, 0.05) is 26.3 Å². The first kappa shape index (κ1) is 23.4. The molecule has 0 heterocycles. The van der Waals surface area contributed by atoms with Crippen LogP contribution >= 0.6 is 0 Å². The zero-order chi connectivity index (χ0) is 22.1. The van der Waals surface area contributed by atoms with Crippen LogP contribution in [0.2, 0.25) is 0 Å². The molecule has 0 atom stereocenters. The average molecular weight is 440 g/mol. The SMILES string of the molecule is COCCCNC(=O)CN(c1ccccc1F)S(=O)(=O)c1ccc(OC)c(OC)c1. The van der Waals surface area contributed by atoms with Crippen LogP contribution in [0.25, 0.3) is 0 Å². The van der Waals surface area contributed by atoms with Crippen molar-refractivity contribution in [3.05, 3.63) is 48.3 Å². The molecule has 0 aliphatic rings. The number of hydrogen-bond acceptors (Lipinski definition) is 6. The number of amides is 1. The first-order chi connectivity index (χ1) is 14.3. The second kappa shape index (κ2) is 10.8. The fourth-order valence-corrected chi connectivity index (χ4v) is 4.13. The lowest BCUT2D eigenvalue weighted by molar-refractivity contribution is -0.119. The summed E-state index contributed by atoms with van der Waals surface area (Å²) in [6, 6.07) is 9.35. The van der Waals surface area contributed by atoms with Gasteiger partial charge in [0.05, 0.1) is 24.8 Å². The normalized spacial score (nSPS) is 11.1. The number of carbonyl (C=O) groups excluding carboxylic acids is 1. The van der Waals surface area contributed by atoms with Crippen LogP contribution in [0.3, 0.4) is 0 Å². The molecule has 0 radical (unpaired) electrons. The molecule has 1 N–H and O–H groups in total. The van der Waals surface area contributed by atoms with E-state index in [4.69, 9.17) is 14.2 Å². The molecule has 8 nitrogen and oxygen atoms in total. The Balaban J connectivity index is 2.40. The molecular formula is C20H25FN2O6S. The number of halogens is 1. The topological polar surface area (TPSA) is 94.2 Å². The minimum absolute atomic E-state index is 0.171. The summed E-state index contributed by atoms with van der Waals surface area (Å²) in [5.74, 6) is -0.812. The van der Waals surface area contributed by atoms with Gasteiger partial charge >= 0.3 is 0 Å². The van der Waals surface area contributed by atoms with Gasteiger partial charge in [-0.25, -0.2) is 12.8 Å². The maximum absolute atomic E-state index is 14.5. The highest BCUT2D eigenvalue weighted by atomic mass is 32.2. The van der Waals surface area contributed by atoms with E-state index in [2.05, 4.69) is 5.32 Å². The monoisotopic (exact) mass is 440 g/mol. The van der Waals surface area contributed by atoms with E-state index in [0.717, 1.165) is 10.4 Å². The van der Waals surface area contributed by atoms with E-state index in [1.165, 1.54) is 57.7 Å². The number of para-hydroxylation sites is 1. The van der Waals surface area contributed by atoms with Gasteiger partial charge in [-0.15, -0.1) is 0 Å². The maximum Gasteiger partial charge on any atom is 0.265 e. The standard InChI is InChI=1S/C20H25FN2O6S/c1-27-12-6-11-22-20(24)14-23(17-8-5-4-7-16(17)21)30(25,26)15-9-10-18(28-2)19(13-15)29-3/h4-5,7-10,13H,6,11-12,14H2,1-3H3,(H,22,24). The molecular weight excluding hydrogens is 415 g/mol. The molecule has 0 saturated heterocycles. The molecule has 0 bridgehead atoms. The van der Waals surface area contributed by atoms with E-state index in [1.54, 1.807) is 0 Å². The summed E-state index contributed by atoms with van der Waals surface area (Å²) in [6.45, 7) is 0.153. The Morgan fingerprint density at radius 3 is 2.40 bits per heavy atom. The quantitative estimate of drug-likeness (QED) is 0.539. The Labute approximate surface area is 175 Å². The summed E-state index contributed by atoms with van der Waals surface area (Å²) in [5.41, 5.74) is -0.237. The molecule has 2 aromatic carbocycles. The number of hydrogen-bond donors (Lipinski definition) is 1. The molecule has 0 aromatic heterocycles. The van der Waals surface area contributed by atoms with Gasteiger partial charge in [-0.2, -0.15) is 0 Å². The van der Waals surface area contributed by atoms with Crippen LogP contribution < -0.4 is 19.1 Å². The predicted molar refractivity (Wildman–Crippen MR) is 110 cm³/mol. The molecule has 0 aliphatic heterocycles. The first-order valence-electron chi connectivity index (χ1n) is 9.10. The van der Waals surface area contributed by atoms with Crippen LogP contribution in [0.15, 0.2) is 47.4 Å². The van der Waals surface area contributed by atoms with Crippen LogP contribution in [-0.4, -0.2) is 55.4 Å². The van der Waals surface area contributed by atoms with Gasteiger partial charge in [-0.05, 0) is 30.7 Å². The van der Waals surface area contributed by atoms with Crippen molar-refractivity contribution < 1.29 is 31.8 Å². The minimum Gasteiger partial charge on any atom is -0.493 e. The van der Waals surface area contributed by atoms with Gasteiger partial charge in [0.2, 0.25) is 5.91 Å². The number of nitrogens with one attached hydrogen (secondary N) is 1. The van der Waals surface area contributed by atoms with Crippen molar-refractivity contribution in [1.29, 1.82) is 0 Å². The molecule has 0 fully saturated rings. The second-order valence-electron chi connectivity index (χ2n) is 6.18. The van der Waals surface area contributed by atoms with Gasteiger partial charge < -0.3 is 19.5 Å². The van der Waals surface area contributed by atoms with Gasteiger partial charge in [0.1, 0.15) is 12.4 Å². The van der Waals surface area contributed by atoms with Crippen LogP contribution in [0, 0.1) is 5.82 Å². The molecule has 10 heteroatoms. The van der Waals surface area contributed by atoms with Crippen LogP contribution in [0.1, 0.15) is 6.42 Å². The zero-order valence-electron chi connectivity index (χ0n) is 17.1. The lowest BCUT2D eigenvalue weighted by atomic mass is 10.3. The molecule has 0 unspecified atom stereocenters. The van der Waals surface area contributed by atoms with Crippen molar-refractivity contribution in [2.24, 2.45) is 0 Å². The van der Waals surface area contributed by atoms with Crippen molar-refractivity contribution in [3.8, 4) is 11.5 Å². The molecule has 2 aromatic rings. The smallest absolute Gasteiger partial charge is 0.265 e. The minimum atomic E-state index is -4.29. The number of anilines is 1. The highest BCUT2D eigenvalue weighted by Gasteiger charge is 2.30. The largest absolute Gasteiger partial charge is 0.493 e. The lowest BCUT2D eigenvalue weighted by Gasteiger charge is -2.25. The Morgan fingerprint density at radius 2 is 1.77 bits per heavy atom. The summed E-state index contributed by atoms with van der Waals surface area (Å²) >= 11 is 0. The van der Waals surface area contributed by atoms with Gasteiger partial charge in [0.25, 0.3) is 10.0 Å². The van der Waals surface area contributed by atoms with E-state index >= 15 is 0 Å². The number of nitrogens with zero attached hydrogens (tertiary/aromatic N) is 1. The summed E-state index contributed by atoms with van der Waals surface area (Å²) in [4.78, 5) is 12.2. The molecule has 0 aliphatic carbocycles. The number of ether oxygens (including phenoxy) is 3. The van der Waals surface area contributed by atoms with Gasteiger partial charge in [0.15, 0.2) is 11.5 Å². The molecule has 164 valence electrons. The van der Waals surface area contributed by atoms with Crippen LogP contribution in [-0.2, 0) is 19.6 Å². The van der Waals surface area contributed by atoms with Gasteiger partial charge in [-0.1, -0.05) is 12.1 Å². The number of sulfonamides is 1. The summed E-state index contributed by atoms with van der Waals surface area (Å²) in [5, 5.41) is 2.61. The number of carbonyl (C=O) groups is 1. The van der Waals surface area contributed by atoms with E-state index in [0.29, 0.717) is 25.3 Å². The number of benzene rings is 2. The Kier molecular flexibility index (Phi) is 8.43. The van der Waals surface area contributed by atoms with Crippen LogP contribution in [0.4, 0.5) is 10.1 Å². The molecule has 1 amide bonds. The third-order valence-corrected chi connectivity index (χ3v) is 5.95. The number of methoxy groups -OCH3 is 3. The Bertz CT molecular complexity index is 968. The fourth-order valence-electron chi connectivity index (χ4n) is 2.69. The fraction of sp³-hybridized carbons (Fsp3) is 0.350. The van der Waals surface area contributed by atoms with E-state index in [9.17, 15) is 17.6 Å². The zero-order valence-corrected chi connectivity index (χ0v) is 17.9. The summed E-state index contributed by atoms with van der Waals surface area (Å²) in [7, 11) is 0.0405. The van der Waals surface area contributed by atoms with Crippen molar-refractivity contribution in [1.82, 2.24) is 5.32 Å². The third kappa shape index (κ3) is 5.61. The van der Waals surface area contributed by atoms with E-state index < -0.39 is 28.3 Å². The third-order valence-electron chi connectivity index (χ3n) is 4.20. The highest BCUT2D eigenvalue weighted by Crippen LogP contribution is 2.32. The Hall–Kier alpha value is -2.85. The second-order valence-corrected chi connectivity index (χ2v) is 8.04. The van der Waals surface area contributed by atoms with Crippen LogP contribution in [0.5, 0.6) is 11.5 Å². The van der Waals surface area contributed by atoms with E-state index in [1.807, 2.05) is 0 Å². The summed E-state index contributed by atoms with van der Waals surface area (Å²) < 4.78 is 57.0. The highest BCUT2D eigenvalue weighted by molar-refractivity contribution is 7.92. The maximum atomic E-state index is 14.5. The molecule has 0 saturated carbocycles. The van der Waals surface area contributed by atoms with E-state index in [-0.39, 0.29) is 16.3 Å². The predicted octanol–water partition coefficient (Wildman–Crippen LogP) is 2.19. The summed E-state index contributed by atoms with van der Waals surface area (Å²) in [6.07, 6.45) is 0.560. The van der Waals surface area contributed by atoms with Crippen molar-refractivity contribution in [2.75, 3.05) is 45.3 Å².